The van der Waals surface area contributed by atoms with Crippen molar-refractivity contribution in [2.24, 2.45) is 0 Å². The van der Waals surface area contributed by atoms with Crippen LogP contribution < -0.4 is 5.32 Å². The average molecular weight is 270 g/mol. The quantitative estimate of drug-likeness (QED) is 0.660. The van der Waals surface area contributed by atoms with Crippen LogP contribution in [0.4, 0.5) is 5.69 Å². The first-order chi connectivity index (χ1) is 8.60. The van der Waals surface area contributed by atoms with Gasteiger partial charge in [-0.1, -0.05) is 6.07 Å². The van der Waals surface area contributed by atoms with Gasteiger partial charge in [-0.2, -0.15) is 0 Å². The van der Waals surface area contributed by atoms with Gasteiger partial charge in [0.15, 0.2) is 0 Å². The van der Waals surface area contributed by atoms with Crippen molar-refractivity contribution in [2.45, 2.75) is 19.8 Å². The Morgan fingerprint density at radius 2 is 2.11 bits per heavy atom. The minimum Gasteiger partial charge on any atom is -0.465 e. The second-order valence-electron chi connectivity index (χ2n) is 3.81. The number of nitrogens with one attached hydrogen (secondary N) is 1. The molecular weight excluding hydrogens is 254 g/mol. The van der Waals surface area contributed by atoms with Crippen molar-refractivity contribution in [3.05, 3.63) is 29.3 Å². The Morgan fingerprint density at radius 3 is 2.72 bits per heavy atom. The number of rotatable bonds is 5. The van der Waals surface area contributed by atoms with Gasteiger partial charge in [0.2, 0.25) is 5.91 Å². The summed E-state index contributed by atoms with van der Waals surface area (Å²) in [6, 6.07) is 5.12. The number of hydrogen-bond acceptors (Lipinski definition) is 3. The second kappa shape index (κ2) is 7.01. The highest BCUT2D eigenvalue weighted by Gasteiger charge is 2.12. The Bertz CT molecular complexity index is 446. The fraction of sp³-hybridized carbons (Fsp3) is 0.385. The molecular formula is C13H16ClNO3. The monoisotopic (exact) mass is 269 g/mol. The second-order valence-corrected chi connectivity index (χ2v) is 4.19. The minimum atomic E-state index is -0.413. The van der Waals surface area contributed by atoms with E-state index < -0.39 is 5.97 Å². The van der Waals surface area contributed by atoms with Crippen LogP contribution in [0, 0.1) is 6.92 Å². The molecule has 1 aromatic carbocycles. The van der Waals surface area contributed by atoms with Gasteiger partial charge in [0.05, 0.1) is 12.7 Å². The number of hydrogen-bond donors (Lipinski definition) is 1. The zero-order valence-electron chi connectivity index (χ0n) is 10.5. The number of anilines is 1. The zero-order valence-corrected chi connectivity index (χ0v) is 11.2. The molecule has 0 radical (unpaired) electrons. The van der Waals surface area contributed by atoms with Gasteiger partial charge in [-0.25, -0.2) is 4.79 Å². The van der Waals surface area contributed by atoms with Crippen molar-refractivity contribution in [2.75, 3.05) is 18.3 Å². The van der Waals surface area contributed by atoms with Crippen LogP contribution in [0.5, 0.6) is 0 Å². The van der Waals surface area contributed by atoms with E-state index in [2.05, 4.69) is 10.1 Å². The van der Waals surface area contributed by atoms with Gasteiger partial charge in [-0.05, 0) is 31.0 Å². The number of carbonyl (C=O) groups is 2. The lowest BCUT2D eigenvalue weighted by Gasteiger charge is -2.11. The van der Waals surface area contributed by atoms with Crippen LogP contribution in [0.1, 0.15) is 28.8 Å². The highest BCUT2D eigenvalue weighted by Crippen LogP contribution is 2.20. The molecule has 5 heteroatoms. The maximum Gasteiger partial charge on any atom is 0.338 e. The van der Waals surface area contributed by atoms with Crippen molar-refractivity contribution >= 4 is 29.2 Å². The summed E-state index contributed by atoms with van der Waals surface area (Å²) in [5, 5.41) is 2.76. The van der Waals surface area contributed by atoms with Gasteiger partial charge in [0, 0.05) is 18.0 Å². The van der Waals surface area contributed by atoms with Crippen LogP contribution in [-0.4, -0.2) is 24.9 Å². The molecule has 4 nitrogen and oxygen atoms in total. The van der Waals surface area contributed by atoms with Gasteiger partial charge in [-0.3, -0.25) is 4.79 Å². The molecule has 0 heterocycles. The highest BCUT2D eigenvalue weighted by molar-refractivity contribution is 6.18. The molecule has 0 unspecified atom stereocenters. The van der Waals surface area contributed by atoms with E-state index in [1.165, 1.54) is 7.11 Å². The smallest absolute Gasteiger partial charge is 0.338 e. The molecule has 1 N–H and O–H groups in total. The van der Waals surface area contributed by atoms with Gasteiger partial charge in [-0.15, -0.1) is 11.6 Å². The average Bonchev–Trinajstić information content (AvgIpc) is 2.38. The summed E-state index contributed by atoms with van der Waals surface area (Å²) in [6.07, 6.45) is 0.995. The molecule has 0 aromatic heterocycles. The lowest BCUT2D eigenvalue weighted by molar-refractivity contribution is -0.116. The van der Waals surface area contributed by atoms with Crippen LogP contribution in [0.25, 0.3) is 0 Å². The Kier molecular flexibility index (Phi) is 5.65. The highest BCUT2D eigenvalue weighted by atomic mass is 35.5. The first kappa shape index (κ1) is 14.5. The summed E-state index contributed by atoms with van der Waals surface area (Å²) in [6.45, 7) is 1.77. The predicted molar refractivity (Wildman–Crippen MR) is 71.1 cm³/mol. The van der Waals surface area contributed by atoms with Crippen LogP contribution in [-0.2, 0) is 9.53 Å². The number of benzene rings is 1. The summed E-state index contributed by atoms with van der Waals surface area (Å²) >= 11 is 5.52. The van der Waals surface area contributed by atoms with Gasteiger partial charge in [0.25, 0.3) is 0 Å². The Labute approximate surface area is 111 Å². The van der Waals surface area contributed by atoms with Gasteiger partial charge in [0.1, 0.15) is 0 Å². The third-order valence-corrected chi connectivity index (χ3v) is 2.82. The largest absolute Gasteiger partial charge is 0.465 e. The van der Waals surface area contributed by atoms with Crippen molar-refractivity contribution in [3.8, 4) is 0 Å². The number of halogens is 1. The van der Waals surface area contributed by atoms with E-state index in [4.69, 9.17) is 11.6 Å². The number of amides is 1. The molecule has 0 fully saturated rings. The molecule has 0 bridgehead atoms. The standard InChI is InChI=1S/C13H16ClNO3/c1-9-10(13(17)18-2)5-3-6-11(9)15-12(16)7-4-8-14/h3,5-6H,4,7-8H2,1-2H3,(H,15,16). The molecule has 0 aliphatic carbocycles. The van der Waals surface area contributed by atoms with E-state index in [0.717, 1.165) is 0 Å². The summed E-state index contributed by atoms with van der Waals surface area (Å²) < 4.78 is 4.67. The number of carbonyl (C=O) groups excluding carboxylic acids is 2. The maximum atomic E-state index is 11.6. The molecule has 18 heavy (non-hydrogen) atoms. The Hall–Kier alpha value is -1.55. The molecule has 1 aromatic rings. The molecule has 98 valence electrons. The lowest BCUT2D eigenvalue weighted by Crippen LogP contribution is -2.14. The molecule has 0 saturated carbocycles. The third kappa shape index (κ3) is 3.74. The molecule has 0 aliphatic heterocycles. The van der Waals surface area contributed by atoms with E-state index >= 15 is 0 Å². The van der Waals surface area contributed by atoms with Crippen LogP contribution in [0.3, 0.4) is 0 Å². The first-order valence-electron chi connectivity index (χ1n) is 5.64. The Morgan fingerprint density at radius 1 is 1.39 bits per heavy atom. The summed E-state index contributed by atoms with van der Waals surface area (Å²) in [4.78, 5) is 23.1. The SMILES string of the molecule is COC(=O)c1cccc(NC(=O)CCCCl)c1C. The number of esters is 1. The van der Waals surface area contributed by atoms with Crippen LogP contribution >= 0.6 is 11.6 Å². The summed E-state index contributed by atoms with van der Waals surface area (Å²) in [5.74, 6) is -0.0701. The molecule has 0 spiro atoms. The molecule has 0 saturated heterocycles. The van der Waals surface area contributed by atoms with Gasteiger partial charge >= 0.3 is 5.97 Å². The van der Waals surface area contributed by atoms with E-state index in [1.54, 1.807) is 25.1 Å². The normalized spacial score (nSPS) is 9.94. The topological polar surface area (TPSA) is 55.4 Å². The van der Waals surface area contributed by atoms with E-state index in [0.29, 0.717) is 35.5 Å². The van der Waals surface area contributed by atoms with Crippen molar-refractivity contribution in [1.29, 1.82) is 0 Å². The van der Waals surface area contributed by atoms with Crippen LogP contribution in [0.15, 0.2) is 18.2 Å². The number of methoxy groups -OCH3 is 1. The number of alkyl halides is 1. The Balaban J connectivity index is 2.84. The lowest BCUT2D eigenvalue weighted by atomic mass is 10.1. The van der Waals surface area contributed by atoms with Crippen molar-refractivity contribution in [1.82, 2.24) is 0 Å². The maximum absolute atomic E-state index is 11.6. The molecule has 1 amide bonds. The fourth-order valence-electron chi connectivity index (χ4n) is 1.54. The minimum absolute atomic E-state index is 0.110. The van der Waals surface area contributed by atoms with Crippen LogP contribution in [0.2, 0.25) is 0 Å². The molecule has 0 aliphatic rings. The van der Waals surface area contributed by atoms with E-state index in [-0.39, 0.29) is 5.91 Å². The third-order valence-electron chi connectivity index (χ3n) is 2.55. The summed E-state index contributed by atoms with van der Waals surface area (Å²) in [5.41, 5.74) is 1.77. The van der Waals surface area contributed by atoms with E-state index in [9.17, 15) is 9.59 Å². The summed E-state index contributed by atoms with van der Waals surface area (Å²) in [7, 11) is 1.33. The number of ether oxygens (including phenoxy) is 1. The molecule has 0 atom stereocenters. The predicted octanol–water partition coefficient (Wildman–Crippen LogP) is 2.74. The zero-order chi connectivity index (χ0) is 13.5. The fourth-order valence-corrected chi connectivity index (χ4v) is 1.68. The van der Waals surface area contributed by atoms with E-state index in [1.807, 2.05) is 0 Å². The van der Waals surface area contributed by atoms with Gasteiger partial charge < -0.3 is 10.1 Å². The first-order valence-corrected chi connectivity index (χ1v) is 6.17. The van der Waals surface area contributed by atoms with Crippen molar-refractivity contribution in [3.63, 3.8) is 0 Å². The molecule has 1 rings (SSSR count). The van der Waals surface area contributed by atoms with Crippen molar-refractivity contribution < 1.29 is 14.3 Å².